The van der Waals surface area contributed by atoms with Crippen LogP contribution in [-0.2, 0) is 0 Å². The number of nitrogens with zero attached hydrogens (tertiary/aromatic N) is 4. The molecule has 4 nitrogen and oxygen atoms in total. The van der Waals surface area contributed by atoms with Gasteiger partial charge in [0.05, 0.1) is 4.47 Å². The number of anilines is 1. The molecule has 0 N–H and O–H groups in total. The molecule has 1 aromatic rings. The molecule has 0 aliphatic carbocycles. The zero-order valence-corrected chi connectivity index (χ0v) is 12.3. The molecular weight excluding hydrogens is 292 g/mol. The van der Waals surface area contributed by atoms with Crippen molar-refractivity contribution in [1.29, 1.82) is 0 Å². The smallest absolute Gasteiger partial charge is 0.146 e. The predicted octanol–water partition coefficient (Wildman–Crippen LogP) is 2.16. The van der Waals surface area contributed by atoms with Crippen molar-refractivity contribution in [3.05, 3.63) is 17.0 Å². The van der Waals surface area contributed by atoms with E-state index in [4.69, 9.17) is 0 Å². The van der Waals surface area contributed by atoms with E-state index in [0.29, 0.717) is 6.04 Å². The van der Waals surface area contributed by atoms with Crippen LogP contribution < -0.4 is 4.90 Å². The molecule has 0 bridgehead atoms. The van der Waals surface area contributed by atoms with Gasteiger partial charge in [-0.1, -0.05) is 0 Å². The number of hydrogen-bond acceptors (Lipinski definition) is 4. The highest BCUT2D eigenvalue weighted by Gasteiger charge is 2.36. The Kier molecular flexibility index (Phi) is 3.52. The van der Waals surface area contributed by atoms with Gasteiger partial charge < -0.3 is 9.80 Å². The van der Waals surface area contributed by atoms with Gasteiger partial charge in [0.25, 0.3) is 0 Å². The Balaban J connectivity index is 1.86. The Bertz CT molecular complexity index is 425. The SMILES string of the molecule is CN1CC[C@H]2[C@H](CCCN2c2ncncc2Br)C1. The highest BCUT2D eigenvalue weighted by molar-refractivity contribution is 9.10. The summed E-state index contributed by atoms with van der Waals surface area (Å²) in [5, 5.41) is 0. The largest absolute Gasteiger partial charge is 0.352 e. The molecule has 0 unspecified atom stereocenters. The van der Waals surface area contributed by atoms with Gasteiger partial charge in [0.1, 0.15) is 12.1 Å². The van der Waals surface area contributed by atoms with Crippen LogP contribution in [-0.4, -0.2) is 47.6 Å². The van der Waals surface area contributed by atoms with Gasteiger partial charge >= 0.3 is 0 Å². The van der Waals surface area contributed by atoms with Crippen molar-refractivity contribution in [3.8, 4) is 0 Å². The second-order valence-electron chi connectivity index (χ2n) is 5.41. The van der Waals surface area contributed by atoms with E-state index in [1.54, 1.807) is 6.33 Å². The number of fused-ring (bicyclic) bond motifs is 1. The van der Waals surface area contributed by atoms with Crippen LogP contribution in [0.3, 0.4) is 0 Å². The molecule has 0 saturated carbocycles. The summed E-state index contributed by atoms with van der Waals surface area (Å²) >= 11 is 3.58. The minimum Gasteiger partial charge on any atom is -0.352 e. The third kappa shape index (κ3) is 2.26. The summed E-state index contributed by atoms with van der Waals surface area (Å²) in [5.74, 6) is 1.86. The fraction of sp³-hybridized carbons (Fsp3) is 0.692. The van der Waals surface area contributed by atoms with E-state index in [0.717, 1.165) is 22.8 Å². The fourth-order valence-electron chi connectivity index (χ4n) is 3.37. The van der Waals surface area contributed by atoms with E-state index in [2.05, 4.69) is 42.7 Å². The molecule has 2 aliphatic rings. The fourth-order valence-corrected chi connectivity index (χ4v) is 3.81. The molecule has 5 heteroatoms. The molecule has 2 fully saturated rings. The second kappa shape index (κ2) is 5.13. The molecule has 98 valence electrons. The maximum atomic E-state index is 4.47. The summed E-state index contributed by atoms with van der Waals surface area (Å²) < 4.78 is 1.02. The van der Waals surface area contributed by atoms with E-state index in [9.17, 15) is 0 Å². The first-order valence-corrected chi connectivity index (χ1v) is 7.45. The van der Waals surface area contributed by atoms with Crippen LogP contribution in [0.5, 0.6) is 0 Å². The molecule has 0 amide bonds. The number of hydrogen-bond donors (Lipinski definition) is 0. The molecule has 1 aromatic heterocycles. The van der Waals surface area contributed by atoms with E-state index in [1.165, 1.54) is 32.4 Å². The summed E-state index contributed by atoms with van der Waals surface area (Å²) in [5.41, 5.74) is 0. The molecule has 0 aromatic carbocycles. The lowest BCUT2D eigenvalue weighted by molar-refractivity contribution is 0.154. The third-order valence-electron chi connectivity index (χ3n) is 4.19. The molecule has 0 spiro atoms. The monoisotopic (exact) mass is 310 g/mol. The van der Waals surface area contributed by atoms with Gasteiger partial charge in [0.2, 0.25) is 0 Å². The summed E-state index contributed by atoms with van der Waals surface area (Å²) in [6.07, 6.45) is 7.37. The molecule has 2 aliphatic heterocycles. The van der Waals surface area contributed by atoms with Gasteiger partial charge in [-0.2, -0.15) is 0 Å². The quantitative estimate of drug-likeness (QED) is 0.795. The number of rotatable bonds is 1. The van der Waals surface area contributed by atoms with Crippen molar-refractivity contribution in [3.63, 3.8) is 0 Å². The Labute approximate surface area is 117 Å². The van der Waals surface area contributed by atoms with E-state index in [1.807, 2.05) is 6.20 Å². The Morgan fingerprint density at radius 1 is 1.33 bits per heavy atom. The summed E-state index contributed by atoms with van der Waals surface area (Å²) in [6.45, 7) is 3.55. The first-order chi connectivity index (χ1) is 8.75. The Morgan fingerprint density at radius 2 is 2.22 bits per heavy atom. The van der Waals surface area contributed by atoms with Crippen molar-refractivity contribution in [2.45, 2.75) is 25.3 Å². The van der Waals surface area contributed by atoms with Crippen LogP contribution in [0.15, 0.2) is 17.0 Å². The standard InChI is InChI=1S/C13H19BrN4/c1-17-6-4-12-10(8-17)3-2-5-18(12)13-11(14)7-15-9-16-13/h7,9-10,12H,2-6,8H2,1H3/t10-,12+/m1/s1. The van der Waals surface area contributed by atoms with Crippen LogP contribution in [0.1, 0.15) is 19.3 Å². The average Bonchev–Trinajstić information content (AvgIpc) is 2.38. The second-order valence-corrected chi connectivity index (χ2v) is 6.26. The lowest BCUT2D eigenvalue weighted by atomic mass is 9.84. The van der Waals surface area contributed by atoms with Crippen LogP contribution in [0.4, 0.5) is 5.82 Å². The normalized spacial score (nSPS) is 29.1. The molecule has 3 rings (SSSR count). The molecular formula is C13H19BrN4. The van der Waals surface area contributed by atoms with Gasteiger partial charge in [-0.25, -0.2) is 9.97 Å². The van der Waals surface area contributed by atoms with Crippen LogP contribution >= 0.6 is 15.9 Å². The summed E-state index contributed by atoms with van der Waals surface area (Å²) in [6, 6.07) is 0.654. The van der Waals surface area contributed by atoms with Crippen molar-refractivity contribution in [2.24, 2.45) is 5.92 Å². The Morgan fingerprint density at radius 3 is 3.06 bits per heavy atom. The van der Waals surface area contributed by atoms with Crippen LogP contribution in [0.2, 0.25) is 0 Å². The minimum absolute atomic E-state index is 0.654. The van der Waals surface area contributed by atoms with Crippen molar-refractivity contribution < 1.29 is 0 Å². The minimum atomic E-state index is 0.654. The first kappa shape index (κ1) is 12.4. The average molecular weight is 311 g/mol. The molecule has 18 heavy (non-hydrogen) atoms. The van der Waals surface area contributed by atoms with Gasteiger partial charge in [-0.3, -0.25) is 0 Å². The number of aromatic nitrogens is 2. The van der Waals surface area contributed by atoms with E-state index >= 15 is 0 Å². The van der Waals surface area contributed by atoms with Crippen molar-refractivity contribution in [1.82, 2.24) is 14.9 Å². The number of piperidine rings is 2. The lowest BCUT2D eigenvalue weighted by Gasteiger charge is -2.47. The topological polar surface area (TPSA) is 32.3 Å². The summed E-state index contributed by atoms with van der Waals surface area (Å²) in [7, 11) is 2.23. The highest BCUT2D eigenvalue weighted by atomic mass is 79.9. The maximum absolute atomic E-state index is 4.47. The summed E-state index contributed by atoms with van der Waals surface area (Å²) in [4.78, 5) is 13.5. The van der Waals surface area contributed by atoms with Crippen LogP contribution in [0, 0.1) is 5.92 Å². The Hall–Kier alpha value is -0.680. The molecule has 2 atom stereocenters. The van der Waals surface area contributed by atoms with Crippen molar-refractivity contribution in [2.75, 3.05) is 31.6 Å². The number of halogens is 1. The van der Waals surface area contributed by atoms with Crippen LogP contribution in [0.25, 0.3) is 0 Å². The van der Waals surface area contributed by atoms with Gasteiger partial charge in [-0.05, 0) is 54.7 Å². The molecule has 3 heterocycles. The third-order valence-corrected chi connectivity index (χ3v) is 4.75. The van der Waals surface area contributed by atoms with Gasteiger partial charge in [0, 0.05) is 25.3 Å². The zero-order chi connectivity index (χ0) is 12.5. The predicted molar refractivity (Wildman–Crippen MR) is 75.7 cm³/mol. The van der Waals surface area contributed by atoms with Gasteiger partial charge in [0.15, 0.2) is 0 Å². The number of likely N-dealkylation sites (tertiary alicyclic amines) is 1. The first-order valence-electron chi connectivity index (χ1n) is 6.66. The zero-order valence-electron chi connectivity index (χ0n) is 10.7. The van der Waals surface area contributed by atoms with E-state index in [-0.39, 0.29) is 0 Å². The van der Waals surface area contributed by atoms with Crippen molar-refractivity contribution >= 4 is 21.7 Å². The van der Waals surface area contributed by atoms with Gasteiger partial charge in [-0.15, -0.1) is 0 Å². The highest BCUT2D eigenvalue weighted by Crippen LogP contribution is 2.35. The van der Waals surface area contributed by atoms with E-state index < -0.39 is 0 Å². The molecule has 2 saturated heterocycles. The molecule has 0 radical (unpaired) electrons. The maximum Gasteiger partial charge on any atom is 0.146 e. The lowest BCUT2D eigenvalue weighted by Crippen LogP contribution is -2.53.